The van der Waals surface area contributed by atoms with E-state index in [-0.39, 0.29) is 6.04 Å². The SMILES string of the molecule is CCCc1ccc(C(N)CSc2nccs2)cc1. The zero-order valence-corrected chi connectivity index (χ0v) is 12.1. The van der Waals surface area contributed by atoms with Crippen molar-refractivity contribution in [2.75, 3.05) is 5.75 Å². The van der Waals surface area contributed by atoms with Gasteiger partial charge < -0.3 is 5.73 Å². The zero-order chi connectivity index (χ0) is 12.8. The molecule has 2 aromatic rings. The number of thioether (sulfide) groups is 1. The lowest BCUT2D eigenvalue weighted by atomic mass is 10.0. The highest BCUT2D eigenvalue weighted by atomic mass is 32.2. The van der Waals surface area contributed by atoms with Crippen LogP contribution in [0.4, 0.5) is 0 Å². The average molecular weight is 278 g/mol. The molecular weight excluding hydrogens is 260 g/mol. The average Bonchev–Trinajstić information content (AvgIpc) is 2.90. The zero-order valence-electron chi connectivity index (χ0n) is 10.5. The summed E-state index contributed by atoms with van der Waals surface area (Å²) in [6.07, 6.45) is 4.16. The van der Waals surface area contributed by atoms with Gasteiger partial charge in [-0.15, -0.1) is 11.3 Å². The van der Waals surface area contributed by atoms with Crippen LogP contribution in [0.15, 0.2) is 40.2 Å². The first-order chi connectivity index (χ1) is 8.79. The number of rotatable bonds is 6. The van der Waals surface area contributed by atoms with Crippen LogP contribution >= 0.6 is 23.1 Å². The largest absolute Gasteiger partial charge is 0.323 e. The van der Waals surface area contributed by atoms with Crippen molar-refractivity contribution in [3.63, 3.8) is 0 Å². The van der Waals surface area contributed by atoms with Gasteiger partial charge in [-0.05, 0) is 17.5 Å². The first-order valence-electron chi connectivity index (χ1n) is 6.16. The van der Waals surface area contributed by atoms with Crippen LogP contribution in [0, 0.1) is 0 Å². The molecule has 0 radical (unpaired) electrons. The summed E-state index contributed by atoms with van der Waals surface area (Å²) >= 11 is 3.39. The molecule has 0 saturated heterocycles. The summed E-state index contributed by atoms with van der Waals surface area (Å²) in [4.78, 5) is 4.25. The quantitative estimate of drug-likeness (QED) is 0.815. The maximum Gasteiger partial charge on any atom is 0.149 e. The topological polar surface area (TPSA) is 38.9 Å². The lowest BCUT2D eigenvalue weighted by molar-refractivity contribution is 0.828. The smallest absolute Gasteiger partial charge is 0.149 e. The highest BCUT2D eigenvalue weighted by Gasteiger charge is 2.07. The molecule has 18 heavy (non-hydrogen) atoms. The molecule has 0 bridgehead atoms. The molecule has 0 saturated carbocycles. The van der Waals surface area contributed by atoms with Crippen molar-refractivity contribution in [1.29, 1.82) is 0 Å². The van der Waals surface area contributed by atoms with E-state index in [2.05, 4.69) is 36.2 Å². The Balaban J connectivity index is 1.89. The summed E-state index contributed by atoms with van der Waals surface area (Å²) in [7, 11) is 0. The Morgan fingerprint density at radius 3 is 2.72 bits per heavy atom. The van der Waals surface area contributed by atoms with Crippen molar-refractivity contribution >= 4 is 23.1 Å². The van der Waals surface area contributed by atoms with Crippen LogP contribution in [0.25, 0.3) is 0 Å². The number of aromatic nitrogens is 1. The number of nitrogens with zero attached hydrogens (tertiary/aromatic N) is 1. The van der Waals surface area contributed by atoms with Crippen LogP contribution in [-0.2, 0) is 6.42 Å². The van der Waals surface area contributed by atoms with E-state index < -0.39 is 0 Å². The number of hydrogen-bond donors (Lipinski definition) is 1. The summed E-state index contributed by atoms with van der Waals surface area (Å²) in [6.45, 7) is 2.20. The van der Waals surface area contributed by atoms with Gasteiger partial charge in [0.25, 0.3) is 0 Å². The summed E-state index contributed by atoms with van der Waals surface area (Å²) in [6, 6.07) is 8.75. The van der Waals surface area contributed by atoms with Crippen molar-refractivity contribution in [3.8, 4) is 0 Å². The third kappa shape index (κ3) is 3.83. The Labute approximate surface area is 117 Å². The lowest BCUT2D eigenvalue weighted by Crippen LogP contribution is -2.12. The molecular formula is C14H18N2S2. The van der Waals surface area contributed by atoms with Gasteiger partial charge in [-0.3, -0.25) is 0 Å². The fourth-order valence-electron chi connectivity index (χ4n) is 1.76. The fraction of sp³-hybridized carbons (Fsp3) is 0.357. The summed E-state index contributed by atoms with van der Waals surface area (Å²) < 4.78 is 1.09. The molecule has 0 amide bonds. The third-order valence-electron chi connectivity index (χ3n) is 2.74. The molecule has 2 nitrogen and oxygen atoms in total. The predicted octanol–water partition coefficient (Wildman–Crippen LogP) is 3.89. The Morgan fingerprint density at radius 2 is 2.11 bits per heavy atom. The van der Waals surface area contributed by atoms with Crippen LogP contribution in [0.3, 0.4) is 0 Å². The normalized spacial score (nSPS) is 12.6. The first kappa shape index (κ1) is 13.6. The molecule has 0 spiro atoms. The molecule has 96 valence electrons. The highest BCUT2D eigenvalue weighted by Crippen LogP contribution is 2.25. The van der Waals surface area contributed by atoms with Gasteiger partial charge in [0.05, 0.1) is 0 Å². The second-order valence-corrected chi connectivity index (χ2v) is 6.37. The van der Waals surface area contributed by atoms with Crippen molar-refractivity contribution in [2.24, 2.45) is 5.73 Å². The van der Waals surface area contributed by atoms with Crippen LogP contribution in [0.1, 0.15) is 30.5 Å². The van der Waals surface area contributed by atoms with Crippen LogP contribution in [-0.4, -0.2) is 10.7 Å². The Hall–Kier alpha value is -0.840. The van der Waals surface area contributed by atoms with Crippen molar-refractivity contribution in [1.82, 2.24) is 4.98 Å². The fourth-order valence-corrected chi connectivity index (χ4v) is 3.41. The van der Waals surface area contributed by atoms with E-state index in [9.17, 15) is 0 Å². The second kappa shape index (κ2) is 6.92. The van der Waals surface area contributed by atoms with Gasteiger partial charge in [0.1, 0.15) is 4.34 Å². The van der Waals surface area contributed by atoms with Gasteiger partial charge >= 0.3 is 0 Å². The van der Waals surface area contributed by atoms with Crippen LogP contribution < -0.4 is 5.73 Å². The minimum absolute atomic E-state index is 0.0783. The van der Waals surface area contributed by atoms with Gasteiger partial charge in [0.2, 0.25) is 0 Å². The summed E-state index contributed by atoms with van der Waals surface area (Å²) in [5.41, 5.74) is 8.79. The number of thiazole rings is 1. The maximum absolute atomic E-state index is 6.19. The van der Waals surface area contributed by atoms with Gasteiger partial charge in [-0.2, -0.15) is 0 Å². The Bertz CT molecular complexity index is 451. The lowest BCUT2D eigenvalue weighted by Gasteiger charge is -2.11. The number of nitrogens with two attached hydrogens (primary N) is 1. The molecule has 0 aliphatic carbocycles. The highest BCUT2D eigenvalue weighted by molar-refractivity contribution is 8.01. The standard InChI is InChI=1S/C14H18N2S2/c1-2-3-11-4-6-12(7-5-11)13(15)10-18-14-16-8-9-17-14/h4-9,13H,2-3,10,15H2,1H3. The molecule has 2 rings (SSSR count). The summed E-state index contributed by atoms with van der Waals surface area (Å²) in [5.74, 6) is 0.876. The van der Waals surface area contributed by atoms with Crippen LogP contribution in [0.2, 0.25) is 0 Å². The monoisotopic (exact) mass is 278 g/mol. The molecule has 1 aromatic heterocycles. The Morgan fingerprint density at radius 1 is 1.33 bits per heavy atom. The van der Waals surface area contributed by atoms with E-state index in [0.717, 1.165) is 16.5 Å². The van der Waals surface area contributed by atoms with Crippen molar-refractivity contribution in [3.05, 3.63) is 47.0 Å². The minimum atomic E-state index is 0.0783. The number of hydrogen-bond acceptors (Lipinski definition) is 4. The predicted molar refractivity (Wildman–Crippen MR) is 80.2 cm³/mol. The van der Waals surface area contributed by atoms with Gasteiger partial charge in [0.15, 0.2) is 0 Å². The van der Waals surface area contributed by atoms with Gasteiger partial charge in [-0.1, -0.05) is 49.4 Å². The third-order valence-corrected chi connectivity index (χ3v) is 4.83. The molecule has 2 N–H and O–H groups in total. The molecule has 1 heterocycles. The van der Waals surface area contributed by atoms with Crippen molar-refractivity contribution < 1.29 is 0 Å². The molecule has 1 unspecified atom stereocenters. The van der Waals surface area contributed by atoms with E-state index in [1.807, 2.05) is 11.6 Å². The molecule has 0 fully saturated rings. The van der Waals surface area contributed by atoms with E-state index >= 15 is 0 Å². The number of benzene rings is 1. The van der Waals surface area contributed by atoms with E-state index in [0.29, 0.717) is 0 Å². The molecule has 0 aliphatic heterocycles. The molecule has 0 aliphatic rings. The van der Waals surface area contributed by atoms with E-state index in [1.54, 1.807) is 23.1 Å². The Kier molecular flexibility index (Phi) is 5.23. The summed E-state index contributed by atoms with van der Waals surface area (Å²) in [5, 5.41) is 1.99. The van der Waals surface area contributed by atoms with E-state index in [1.165, 1.54) is 17.5 Å². The molecule has 1 atom stereocenters. The van der Waals surface area contributed by atoms with E-state index in [4.69, 9.17) is 5.73 Å². The van der Waals surface area contributed by atoms with Gasteiger partial charge in [-0.25, -0.2) is 4.98 Å². The first-order valence-corrected chi connectivity index (χ1v) is 8.03. The van der Waals surface area contributed by atoms with Crippen molar-refractivity contribution in [2.45, 2.75) is 30.1 Å². The maximum atomic E-state index is 6.19. The molecule has 4 heteroatoms. The van der Waals surface area contributed by atoms with Gasteiger partial charge in [0, 0.05) is 23.4 Å². The van der Waals surface area contributed by atoms with Crippen LogP contribution in [0.5, 0.6) is 0 Å². The number of aryl methyl sites for hydroxylation is 1. The minimum Gasteiger partial charge on any atom is -0.323 e. The molecule has 1 aromatic carbocycles. The second-order valence-electron chi connectivity index (χ2n) is 4.21.